The zero-order valence-electron chi connectivity index (χ0n) is 28.5. The Kier molecular flexibility index (Phi) is 19.5. The molecule has 0 radical (unpaired) electrons. The van der Waals surface area contributed by atoms with Crippen molar-refractivity contribution in [1.29, 1.82) is 0 Å². The molecule has 0 amide bonds. The van der Waals surface area contributed by atoms with Crippen LogP contribution in [0, 0.1) is 0 Å². The minimum absolute atomic E-state index is 0. The van der Waals surface area contributed by atoms with Crippen LogP contribution in [0.5, 0.6) is 23.0 Å². The van der Waals surface area contributed by atoms with Gasteiger partial charge in [-0.25, -0.2) is 16.8 Å². The molecule has 0 bridgehead atoms. The van der Waals surface area contributed by atoms with Crippen molar-refractivity contribution >= 4 is 58.0 Å². The average molecular weight is 735 g/mol. The molecule has 0 aliphatic heterocycles. The number of unbranched alkanes of at least 4 members (excludes halogenated alkanes) is 8. The minimum Gasteiger partial charge on any atom is -0.744 e. The molecule has 8 nitrogen and oxygen atoms in total. The van der Waals surface area contributed by atoms with Gasteiger partial charge in [-0.1, -0.05) is 102 Å². The molecule has 0 N–H and O–H groups in total. The molecule has 0 aromatic heterocycles. The van der Waals surface area contributed by atoms with Gasteiger partial charge in [0.1, 0.15) is 43.2 Å². The van der Waals surface area contributed by atoms with Crippen LogP contribution in [-0.4, -0.2) is 63.7 Å². The van der Waals surface area contributed by atoms with Crippen molar-refractivity contribution in [3.8, 4) is 23.0 Å². The van der Waals surface area contributed by atoms with E-state index < -0.39 is 20.2 Å². The van der Waals surface area contributed by atoms with Gasteiger partial charge in [-0.05, 0) is 97.5 Å². The number of hydrogen-bond donors (Lipinski definition) is 0. The Balaban J connectivity index is 0.000000333. The molecule has 0 atom stereocenters. The Labute approximate surface area is 322 Å². The number of hydrogen-bond acceptors (Lipinski definition) is 8. The van der Waals surface area contributed by atoms with Gasteiger partial charge in [-0.15, -0.1) is 0 Å². The summed E-state index contributed by atoms with van der Waals surface area (Å²) in [5, 5.41) is 0. The predicted octanol–water partition coefficient (Wildman–Crippen LogP) is 9.41. The maximum absolute atomic E-state index is 11.0. The molecule has 0 unspecified atom stereocenters. The Morgan fingerprint density at radius 1 is 0.469 bits per heavy atom. The molecule has 0 heterocycles. The van der Waals surface area contributed by atoms with Crippen molar-refractivity contribution in [1.82, 2.24) is 0 Å². The van der Waals surface area contributed by atoms with E-state index in [2.05, 4.69) is 13.8 Å². The summed E-state index contributed by atoms with van der Waals surface area (Å²) in [6.45, 7) is 4.40. The zero-order chi connectivity index (χ0) is 34.8. The first-order valence-electron chi connectivity index (χ1n) is 16.6. The van der Waals surface area contributed by atoms with Gasteiger partial charge in [-0.2, -0.15) is 0 Å². The Morgan fingerprint density at radius 3 is 1.12 bits per heavy atom. The number of rotatable bonds is 18. The summed E-state index contributed by atoms with van der Waals surface area (Å²) in [6.07, 6.45) is 14.1. The molecular weight excluding hydrogens is 689 g/mol. The van der Waals surface area contributed by atoms with E-state index in [1.54, 1.807) is 0 Å². The summed E-state index contributed by atoms with van der Waals surface area (Å²) in [5.74, 6) is 2.57. The molecule has 0 fully saturated rings. The monoisotopic (exact) mass is 734 g/mol. The van der Waals surface area contributed by atoms with E-state index in [9.17, 15) is 25.9 Å². The van der Waals surface area contributed by atoms with Crippen molar-refractivity contribution in [2.45, 2.75) is 101 Å². The largest absolute Gasteiger partial charge is 2.00 e. The number of aryl methyl sites for hydroxylation is 2. The molecule has 260 valence electrons. The van der Waals surface area contributed by atoms with Crippen molar-refractivity contribution in [3.05, 3.63) is 108 Å². The molecule has 0 saturated carbocycles. The number of para-hydroxylation sites is 2. The first kappa shape index (κ1) is 42.7. The number of ether oxygens (including phenoxy) is 2. The molecule has 49 heavy (non-hydrogen) atoms. The maximum atomic E-state index is 11.0. The SMILES string of the molecule is CCCCCCCc1ccccc1Oc1ccc(S(=O)(=O)[O-])cc1.CCCCCCCc1ccccc1Oc1ccc(S(=O)(=O)[O-])cc1.[Ca+2]. The molecule has 4 aromatic carbocycles. The molecule has 4 aromatic rings. The predicted molar refractivity (Wildman–Crippen MR) is 193 cm³/mol. The van der Waals surface area contributed by atoms with E-state index >= 15 is 0 Å². The summed E-state index contributed by atoms with van der Waals surface area (Å²) in [6, 6.07) is 26.8. The van der Waals surface area contributed by atoms with Crippen LogP contribution in [-0.2, 0) is 33.1 Å². The number of benzene rings is 4. The molecule has 0 spiro atoms. The van der Waals surface area contributed by atoms with Gasteiger partial charge in [0.25, 0.3) is 0 Å². The summed E-state index contributed by atoms with van der Waals surface area (Å²) in [7, 11) is -8.85. The van der Waals surface area contributed by atoms with Crippen molar-refractivity contribution in [2.24, 2.45) is 0 Å². The van der Waals surface area contributed by atoms with Crippen molar-refractivity contribution in [3.63, 3.8) is 0 Å². The smallest absolute Gasteiger partial charge is 0.744 e. The second-order valence-corrected chi connectivity index (χ2v) is 14.4. The van der Waals surface area contributed by atoms with Crippen LogP contribution in [0.4, 0.5) is 0 Å². The Morgan fingerprint density at radius 2 is 0.796 bits per heavy atom. The van der Waals surface area contributed by atoms with E-state index in [4.69, 9.17) is 9.47 Å². The summed E-state index contributed by atoms with van der Waals surface area (Å²) in [5.41, 5.74) is 2.27. The van der Waals surface area contributed by atoms with Crippen molar-refractivity contribution < 1.29 is 35.4 Å². The topological polar surface area (TPSA) is 133 Å². The standard InChI is InChI=1S/2C19H24O4S.Ca/c2*1-2-3-4-5-6-9-16-10-7-8-11-19(16)23-17-12-14-18(15-13-17)24(20,21)22;/h2*7-8,10-15H,2-6,9H2,1H3,(H,20,21,22);/q;;+2/p-2. The molecule has 11 heteroatoms. The van der Waals surface area contributed by atoms with E-state index in [0.29, 0.717) is 11.5 Å². The normalized spacial score (nSPS) is 11.2. The van der Waals surface area contributed by atoms with Crippen LogP contribution >= 0.6 is 0 Å². The first-order valence-corrected chi connectivity index (χ1v) is 19.5. The van der Waals surface area contributed by atoms with E-state index in [0.717, 1.165) is 48.3 Å². The summed E-state index contributed by atoms with van der Waals surface area (Å²) < 4.78 is 77.4. The fourth-order valence-electron chi connectivity index (χ4n) is 5.06. The van der Waals surface area contributed by atoms with Gasteiger partial charge in [0.2, 0.25) is 0 Å². The van der Waals surface area contributed by atoms with Gasteiger partial charge in [-0.3, -0.25) is 0 Å². The molecule has 4 rings (SSSR count). The van der Waals surface area contributed by atoms with Gasteiger partial charge < -0.3 is 18.6 Å². The third-order valence-electron chi connectivity index (χ3n) is 7.72. The van der Waals surface area contributed by atoms with E-state index in [1.165, 1.54) is 99.9 Å². The average Bonchev–Trinajstić information content (AvgIpc) is 3.06. The zero-order valence-corrected chi connectivity index (χ0v) is 32.4. The van der Waals surface area contributed by atoms with Crippen molar-refractivity contribution in [2.75, 3.05) is 0 Å². The molecule has 0 aliphatic carbocycles. The quantitative estimate of drug-likeness (QED) is 0.0561. The van der Waals surface area contributed by atoms with Gasteiger partial charge in [0.15, 0.2) is 0 Å². The Bertz CT molecular complexity index is 1610. The van der Waals surface area contributed by atoms with Crippen LogP contribution < -0.4 is 9.47 Å². The Hall–Kier alpha value is -2.44. The third kappa shape index (κ3) is 16.0. The minimum atomic E-state index is -4.43. The third-order valence-corrected chi connectivity index (χ3v) is 9.42. The molecular formula is C38H46CaO8S2. The van der Waals surface area contributed by atoms with Gasteiger partial charge in [0.05, 0.1) is 9.79 Å². The van der Waals surface area contributed by atoms with Crippen LogP contribution in [0.2, 0.25) is 0 Å². The van der Waals surface area contributed by atoms with Crippen LogP contribution in [0.25, 0.3) is 0 Å². The van der Waals surface area contributed by atoms with Crippen LogP contribution in [0.1, 0.15) is 89.2 Å². The first-order chi connectivity index (χ1) is 23.0. The second kappa shape index (κ2) is 22.4. The second-order valence-electron chi connectivity index (χ2n) is 11.6. The van der Waals surface area contributed by atoms with Crippen LogP contribution in [0.3, 0.4) is 0 Å². The van der Waals surface area contributed by atoms with E-state index in [-0.39, 0.29) is 47.5 Å². The van der Waals surface area contributed by atoms with Gasteiger partial charge >= 0.3 is 37.7 Å². The van der Waals surface area contributed by atoms with Gasteiger partial charge in [0, 0.05) is 0 Å². The van der Waals surface area contributed by atoms with Crippen LogP contribution in [0.15, 0.2) is 107 Å². The molecule has 0 saturated heterocycles. The van der Waals surface area contributed by atoms with E-state index in [1.807, 2.05) is 48.5 Å². The summed E-state index contributed by atoms with van der Waals surface area (Å²) >= 11 is 0. The molecule has 0 aliphatic rings. The fourth-order valence-corrected chi connectivity index (χ4v) is 6.00. The fraction of sp³-hybridized carbons (Fsp3) is 0.368. The summed E-state index contributed by atoms with van der Waals surface area (Å²) in [4.78, 5) is -0.502. The maximum Gasteiger partial charge on any atom is 2.00 e.